The first-order chi connectivity index (χ1) is 16.1. The minimum Gasteiger partial charge on any atom is -0.744 e. The number of hydrogen-bond donors (Lipinski definition) is 0. The zero-order valence-electron chi connectivity index (χ0n) is 18.9. The summed E-state index contributed by atoms with van der Waals surface area (Å²) >= 11 is 5.88. The summed E-state index contributed by atoms with van der Waals surface area (Å²) < 4.78 is 52.0. The van der Waals surface area contributed by atoms with Crippen molar-refractivity contribution in [2.75, 3.05) is 13.2 Å². The van der Waals surface area contributed by atoms with E-state index in [0.717, 1.165) is 6.07 Å². The summed E-state index contributed by atoms with van der Waals surface area (Å²) in [5.74, 6) is -2.01. The predicted octanol–water partition coefficient (Wildman–Crippen LogP) is 4.78. The van der Waals surface area contributed by atoms with Gasteiger partial charge in [-0.3, -0.25) is 4.79 Å². The number of aryl methyl sites for hydroxylation is 1. The second kappa shape index (κ2) is 12.5. The SMILES string of the molecule is CC(=O)Oc1c(I)cc(I)c(C(=O)OCCOC(=O)c2cc(C(C)C)c(S(=O)(=O)[O-])cc2C)c1I. The monoisotopic (exact) mass is 841 g/mol. The molecule has 35 heavy (non-hydrogen) atoms. The molecule has 0 atom stereocenters. The normalized spacial score (nSPS) is 11.3. The number of ether oxygens (including phenoxy) is 3. The van der Waals surface area contributed by atoms with Crippen molar-refractivity contribution in [1.29, 1.82) is 0 Å². The van der Waals surface area contributed by atoms with Gasteiger partial charge in [0.25, 0.3) is 0 Å². The fraction of sp³-hybridized carbons (Fsp3) is 0.318. The summed E-state index contributed by atoms with van der Waals surface area (Å²) in [6.07, 6.45) is 0. The first-order valence-electron chi connectivity index (χ1n) is 9.95. The Kier molecular flexibility index (Phi) is 10.7. The van der Waals surface area contributed by atoms with Gasteiger partial charge in [-0.2, -0.15) is 0 Å². The summed E-state index contributed by atoms with van der Waals surface area (Å²) in [7, 11) is -4.71. The Labute approximate surface area is 243 Å². The van der Waals surface area contributed by atoms with Crippen molar-refractivity contribution in [2.45, 2.75) is 38.5 Å². The fourth-order valence-corrected chi connectivity index (χ4v) is 7.94. The third kappa shape index (κ3) is 7.72. The van der Waals surface area contributed by atoms with Crippen LogP contribution >= 0.6 is 67.8 Å². The summed E-state index contributed by atoms with van der Waals surface area (Å²) in [4.78, 5) is 36.2. The Hall–Kier alpha value is -1.05. The third-order valence-corrected chi connectivity index (χ3v) is 8.17. The highest BCUT2D eigenvalue weighted by Crippen LogP contribution is 2.34. The van der Waals surface area contributed by atoms with Crippen LogP contribution in [0.15, 0.2) is 23.1 Å². The quantitative estimate of drug-likeness (QED) is 0.121. The molecule has 0 heterocycles. The van der Waals surface area contributed by atoms with Crippen LogP contribution in [-0.2, 0) is 24.4 Å². The van der Waals surface area contributed by atoms with Crippen LogP contribution in [0.3, 0.4) is 0 Å². The lowest BCUT2D eigenvalue weighted by molar-refractivity contribution is -0.132. The Balaban J connectivity index is 2.12. The van der Waals surface area contributed by atoms with E-state index >= 15 is 0 Å². The lowest BCUT2D eigenvalue weighted by Gasteiger charge is -2.18. The molecular weight excluding hydrogens is 821 g/mol. The van der Waals surface area contributed by atoms with Gasteiger partial charge in [-0.1, -0.05) is 13.8 Å². The van der Waals surface area contributed by atoms with Crippen molar-refractivity contribution >= 4 is 95.8 Å². The van der Waals surface area contributed by atoms with Crippen molar-refractivity contribution in [3.63, 3.8) is 0 Å². The van der Waals surface area contributed by atoms with Gasteiger partial charge in [0.05, 0.1) is 23.2 Å². The average Bonchev–Trinajstić information content (AvgIpc) is 2.72. The van der Waals surface area contributed by atoms with Crippen LogP contribution in [0.2, 0.25) is 0 Å². The van der Waals surface area contributed by atoms with E-state index < -0.39 is 28.0 Å². The van der Waals surface area contributed by atoms with Crippen molar-refractivity contribution in [3.8, 4) is 5.75 Å². The van der Waals surface area contributed by atoms with Gasteiger partial charge in [-0.15, -0.1) is 0 Å². The first kappa shape index (κ1) is 30.2. The number of halogens is 3. The maximum absolute atomic E-state index is 12.7. The van der Waals surface area contributed by atoms with Crippen molar-refractivity contribution in [1.82, 2.24) is 0 Å². The van der Waals surface area contributed by atoms with Crippen molar-refractivity contribution < 1.29 is 41.6 Å². The fourth-order valence-electron chi connectivity index (χ4n) is 3.00. The molecule has 0 aliphatic heterocycles. The molecular formula is C22H20I3O9S-. The van der Waals surface area contributed by atoms with Crippen LogP contribution in [0, 0.1) is 17.6 Å². The first-order valence-corrected chi connectivity index (χ1v) is 14.6. The van der Waals surface area contributed by atoms with E-state index in [-0.39, 0.29) is 52.0 Å². The molecule has 13 heteroatoms. The second-order valence-electron chi connectivity index (χ2n) is 7.54. The molecule has 0 unspecified atom stereocenters. The van der Waals surface area contributed by atoms with Gasteiger partial charge in [0, 0.05) is 10.5 Å². The van der Waals surface area contributed by atoms with E-state index in [1.54, 1.807) is 19.9 Å². The molecule has 9 nitrogen and oxygen atoms in total. The van der Waals surface area contributed by atoms with Gasteiger partial charge >= 0.3 is 17.9 Å². The largest absolute Gasteiger partial charge is 0.744 e. The van der Waals surface area contributed by atoms with Gasteiger partial charge in [0.15, 0.2) is 5.75 Å². The van der Waals surface area contributed by atoms with Crippen molar-refractivity contribution in [2.24, 2.45) is 0 Å². The number of benzene rings is 2. The molecule has 0 amide bonds. The minimum absolute atomic E-state index is 0.111. The molecule has 0 aromatic heterocycles. The van der Waals surface area contributed by atoms with Gasteiger partial charge in [-0.05, 0) is 110 Å². The standard InChI is InChI=1S/C22H21I3O9S/c1-10(2)13-8-14(11(3)7-17(13)35(29,30)31)21(27)32-5-6-33-22(28)18-15(23)9-16(24)20(19(18)25)34-12(4)26/h7-10H,5-6H2,1-4H3,(H,29,30,31)/p-1. The highest BCUT2D eigenvalue weighted by atomic mass is 127. The van der Waals surface area contributed by atoms with Crippen LogP contribution in [0.25, 0.3) is 0 Å². The van der Waals surface area contributed by atoms with Gasteiger partial charge in [0.1, 0.15) is 23.3 Å². The number of esters is 3. The molecule has 0 saturated carbocycles. The highest BCUT2D eigenvalue weighted by Gasteiger charge is 2.23. The van der Waals surface area contributed by atoms with E-state index in [1.165, 1.54) is 19.9 Å². The van der Waals surface area contributed by atoms with E-state index in [9.17, 15) is 27.4 Å². The summed E-state index contributed by atoms with van der Waals surface area (Å²) in [5, 5.41) is 0. The average molecular weight is 841 g/mol. The molecule has 190 valence electrons. The van der Waals surface area contributed by atoms with Gasteiger partial charge < -0.3 is 18.8 Å². The van der Waals surface area contributed by atoms with E-state index in [2.05, 4.69) is 0 Å². The molecule has 2 aromatic rings. The Morgan fingerprint density at radius 2 is 1.54 bits per heavy atom. The smallest absolute Gasteiger partial charge is 0.340 e. The maximum Gasteiger partial charge on any atom is 0.340 e. The number of rotatable bonds is 8. The molecule has 0 aliphatic carbocycles. The molecule has 2 aromatic carbocycles. The molecule has 0 fully saturated rings. The lowest BCUT2D eigenvalue weighted by Crippen LogP contribution is -2.18. The van der Waals surface area contributed by atoms with Crippen LogP contribution in [0.5, 0.6) is 5.75 Å². The molecule has 0 spiro atoms. The Morgan fingerprint density at radius 3 is 2.06 bits per heavy atom. The maximum atomic E-state index is 12.7. The summed E-state index contributed by atoms with van der Waals surface area (Å²) in [6.45, 7) is 5.67. The third-order valence-electron chi connectivity index (χ3n) is 4.60. The van der Waals surface area contributed by atoms with E-state index in [1.807, 2.05) is 67.8 Å². The molecule has 0 bridgehead atoms. The zero-order valence-corrected chi connectivity index (χ0v) is 26.2. The topological polar surface area (TPSA) is 136 Å². The van der Waals surface area contributed by atoms with Gasteiger partial charge in [-0.25, -0.2) is 18.0 Å². The van der Waals surface area contributed by atoms with Crippen LogP contribution in [0.1, 0.15) is 58.5 Å². The summed E-state index contributed by atoms with van der Waals surface area (Å²) in [6, 6.07) is 4.18. The molecule has 0 saturated heterocycles. The van der Waals surface area contributed by atoms with Crippen molar-refractivity contribution in [3.05, 3.63) is 51.2 Å². The molecule has 0 N–H and O–H groups in total. The minimum atomic E-state index is -4.71. The van der Waals surface area contributed by atoms with Crippen LogP contribution < -0.4 is 4.74 Å². The lowest BCUT2D eigenvalue weighted by atomic mass is 9.97. The highest BCUT2D eigenvalue weighted by molar-refractivity contribution is 14.1. The van der Waals surface area contributed by atoms with E-state index in [0.29, 0.717) is 10.7 Å². The number of hydrogen-bond acceptors (Lipinski definition) is 9. The molecule has 2 rings (SSSR count). The van der Waals surface area contributed by atoms with Crippen LogP contribution in [-0.4, -0.2) is 44.1 Å². The second-order valence-corrected chi connectivity index (χ2v) is 12.3. The molecule has 0 radical (unpaired) electrons. The van der Waals surface area contributed by atoms with E-state index in [4.69, 9.17) is 14.2 Å². The molecule has 0 aliphatic rings. The van der Waals surface area contributed by atoms with Crippen LogP contribution in [0.4, 0.5) is 0 Å². The zero-order chi connectivity index (χ0) is 26.7. The predicted molar refractivity (Wildman–Crippen MR) is 150 cm³/mol. The van der Waals surface area contributed by atoms with Gasteiger partial charge in [0.2, 0.25) is 0 Å². The number of carbonyl (C=O) groups is 3. The summed E-state index contributed by atoms with van der Waals surface area (Å²) in [5.41, 5.74) is 0.823. The number of carbonyl (C=O) groups excluding carboxylic acids is 3. The Morgan fingerprint density at radius 1 is 0.971 bits per heavy atom. The Bertz CT molecular complexity index is 1290.